The number of rotatable bonds is 2. The van der Waals surface area contributed by atoms with E-state index in [1.165, 1.54) is 26.2 Å². The number of carboxylic acids is 2. The maximum Gasteiger partial charge on any atom is 0.310 e. The molecule has 0 heterocycles. The van der Waals surface area contributed by atoms with Crippen LogP contribution in [0.3, 0.4) is 0 Å². The van der Waals surface area contributed by atoms with E-state index in [1.54, 1.807) is 0 Å². The fourth-order valence-electron chi connectivity index (χ4n) is 3.63. The van der Waals surface area contributed by atoms with E-state index in [1.807, 2.05) is 0 Å². The van der Waals surface area contributed by atoms with Gasteiger partial charge in [0, 0.05) is 0 Å². The van der Waals surface area contributed by atoms with E-state index in [0.717, 1.165) is 12.8 Å². The Morgan fingerprint density at radius 2 is 1.32 bits per heavy atom. The van der Waals surface area contributed by atoms with Crippen LogP contribution in [-0.4, -0.2) is 22.2 Å². The van der Waals surface area contributed by atoms with E-state index in [2.05, 4.69) is 27.7 Å². The minimum absolute atomic E-state index is 0.472. The van der Waals surface area contributed by atoms with Crippen molar-refractivity contribution in [1.29, 1.82) is 0 Å². The fourth-order valence-corrected chi connectivity index (χ4v) is 3.63. The third kappa shape index (κ3) is 3.82. The van der Waals surface area contributed by atoms with Crippen LogP contribution in [0, 0.1) is 22.2 Å². The first-order valence-electron chi connectivity index (χ1n) is 8.40. The quantitative estimate of drug-likeness (QED) is 0.783. The zero-order valence-corrected chi connectivity index (χ0v) is 14.7. The smallest absolute Gasteiger partial charge is 0.310 e. The third-order valence-electron chi connectivity index (χ3n) is 6.43. The van der Waals surface area contributed by atoms with Crippen LogP contribution in [0.2, 0.25) is 0 Å². The maximum atomic E-state index is 10.9. The average molecular weight is 312 g/mol. The molecule has 0 spiro atoms. The van der Waals surface area contributed by atoms with Gasteiger partial charge in [0.15, 0.2) is 0 Å². The minimum atomic E-state index is -1.07. The summed E-state index contributed by atoms with van der Waals surface area (Å²) in [4.78, 5) is 21.7. The summed E-state index contributed by atoms with van der Waals surface area (Å²) in [6.45, 7) is 11.1. The normalized spacial score (nSPS) is 32.7. The Bertz CT molecular complexity index is 411. The van der Waals surface area contributed by atoms with E-state index < -0.39 is 23.3 Å². The number of aliphatic carboxylic acids is 2. The van der Waals surface area contributed by atoms with E-state index >= 15 is 0 Å². The van der Waals surface area contributed by atoms with Crippen molar-refractivity contribution in [1.82, 2.24) is 0 Å². The molecule has 2 unspecified atom stereocenters. The van der Waals surface area contributed by atoms with Crippen molar-refractivity contribution < 1.29 is 19.8 Å². The lowest BCUT2D eigenvalue weighted by Crippen LogP contribution is -2.42. The highest BCUT2D eigenvalue weighted by molar-refractivity contribution is 5.83. The van der Waals surface area contributed by atoms with Gasteiger partial charge in [-0.25, -0.2) is 0 Å². The molecular weight excluding hydrogens is 280 g/mol. The van der Waals surface area contributed by atoms with Gasteiger partial charge in [0.1, 0.15) is 0 Å². The van der Waals surface area contributed by atoms with Gasteiger partial charge in [-0.1, -0.05) is 47.0 Å². The first-order chi connectivity index (χ1) is 9.94. The zero-order valence-electron chi connectivity index (χ0n) is 14.7. The average Bonchev–Trinajstić information content (AvgIpc) is 2.62. The number of hydrogen-bond acceptors (Lipinski definition) is 2. The summed E-state index contributed by atoms with van der Waals surface area (Å²) in [5, 5.41) is 17.8. The molecule has 2 saturated carbocycles. The van der Waals surface area contributed by atoms with Crippen LogP contribution in [0.15, 0.2) is 0 Å². The van der Waals surface area contributed by atoms with E-state index in [0.29, 0.717) is 23.7 Å². The van der Waals surface area contributed by atoms with Crippen molar-refractivity contribution in [2.75, 3.05) is 0 Å². The standard InChI is InChI=1S/C9H14O4.C9H18/c1-9(8(12)13)5-3-2-4-6(9)7(10)11;1-8(2)6-5-7-9(8,3)4/h6H,2-5H2,1H3,(H,10,11)(H,12,13);5-7H2,1-4H3. The van der Waals surface area contributed by atoms with Gasteiger partial charge in [-0.05, 0) is 43.4 Å². The van der Waals surface area contributed by atoms with Crippen LogP contribution in [0.1, 0.15) is 79.6 Å². The van der Waals surface area contributed by atoms with Crippen molar-refractivity contribution in [3.63, 3.8) is 0 Å². The molecule has 0 aliphatic heterocycles. The molecule has 4 heteroatoms. The molecule has 2 atom stereocenters. The Morgan fingerprint density at radius 3 is 1.59 bits per heavy atom. The van der Waals surface area contributed by atoms with E-state index in [9.17, 15) is 9.59 Å². The highest BCUT2D eigenvalue weighted by atomic mass is 16.4. The summed E-state index contributed by atoms with van der Waals surface area (Å²) in [5.41, 5.74) is 0.115. The molecule has 128 valence electrons. The molecular formula is C18H32O4. The molecule has 2 rings (SSSR count). The summed E-state index contributed by atoms with van der Waals surface area (Å²) in [6.07, 6.45) is 6.85. The molecule has 0 radical (unpaired) electrons. The summed E-state index contributed by atoms with van der Waals surface area (Å²) >= 11 is 0. The van der Waals surface area contributed by atoms with E-state index in [-0.39, 0.29) is 0 Å². The molecule has 2 fully saturated rings. The van der Waals surface area contributed by atoms with Crippen molar-refractivity contribution in [2.24, 2.45) is 22.2 Å². The topological polar surface area (TPSA) is 74.6 Å². The minimum Gasteiger partial charge on any atom is -0.481 e. The van der Waals surface area contributed by atoms with Crippen molar-refractivity contribution in [3.8, 4) is 0 Å². The molecule has 2 aliphatic rings. The van der Waals surface area contributed by atoms with Crippen molar-refractivity contribution in [3.05, 3.63) is 0 Å². The fraction of sp³-hybridized carbons (Fsp3) is 0.889. The van der Waals surface area contributed by atoms with Gasteiger partial charge < -0.3 is 10.2 Å². The Morgan fingerprint density at radius 1 is 0.818 bits per heavy atom. The van der Waals surface area contributed by atoms with Gasteiger partial charge in [-0.15, -0.1) is 0 Å². The molecule has 0 aromatic heterocycles. The van der Waals surface area contributed by atoms with E-state index in [4.69, 9.17) is 10.2 Å². The first-order valence-corrected chi connectivity index (χ1v) is 8.40. The molecule has 22 heavy (non-hydrogen) atoms. The monoisotopic (exact) mass is 312 g/mol. The SMILES string of the molecule is CC1(C(=O)O)CCCCC1C(=O)O.CC1(C)CCCC1(C)C. The second-order valence-electron chi connectivity index (χ2n) is 8.48. The van der Waals surface area contributed by atoms with Gasteiger partial charge in [0.25, 0.3) is 0 Å². The lowest BCUT2D eigenvalue weighted by molar-refractivity contribution is -0.164. The Kier molecular flexibility index (Phi) is 5.69. The molecule has 0 bridgehead atoms. The van der Waals surface area contributed by atoms with Crippen LogP contribution >= 0.6 is 0 Å². The van der Waals surface area contributed by atoms with Gasteiger partial charge in [0.2, 0.25) is 0 Å². The van der Waals surface area contributed by atoms with Crippen LogP contribution in [0.5, 0.6) is 0 Å². The largest absolute Gasteiger partial charge is 0.481 e. The summed E-state index contributed by atoms with van der Waals surface area (Å²) in [7, 11) is 0. The van der Waals surface area contributed by atoms with Crippen LogP contribution in [0.4, 0.5) is 0 Å². The highest BCUT2D eigenvalue weighted by Gasteiger charge is 2.46. The van der Waals surface area contributed by atoms with Crippen LogP contribution < -0.4 is 0 Å². The van der Waals surface area contributed by atoms with Gasteiger partial charge in [-0.2, -0.15) is 0 Å². The predicted octanol–water partition coefficient (Wildman–Crippen LogP) is 4.57. The maximum absolute atomic E-state index is 10.9. The van der Waals surface area contributed by atoms with Crippen LogP contribution in [-0.2, 0) is 9.59 Å². The number of carboxylic acid groups (broad SMARTS) is 2. The molecule has 2 N–H and O–H groups in total. The highest BCUT2D eigenvalue weighted by Crippen LogP contribution is 2.51. The summed E-state index contributed by atoms with van der Waals surface area (Å²) in [5.74, 6) is -2.69. The van der Waals surface area contributed by atoms with Crippen molar-refractivity contribution >= 4 is 11.9 Å². The second-order valence-corrected chi connectivity index (χ2v) is 8.48. The number of carbonyl (C=O) groups is 2. The predicted molar refractivity (Wildman–Crippen MR) is 86.7 cm³/mol. The summed E-state index contributed by atoms with van der Waals surface area (Å²) < 4.78 is 0. The van der Waals surface area contributed by atoms with Crippen LogP contribution in [0.25, 0.3) is 0 Å². The lowest BCUT2D eigenvalue weighted by atomic mass is 9.67. The molecule has 2 aliphatic carbocycles. The number of hydrogen-bond donors (Lipinski definition) is 2. The summed E-state index contributed by atoms with van der Waals surface area (Å²) in [6, 6.07) is 0. The molecule has 4 nitrogen and oxygen atoms in total. The molecule has 0 amide bonds. The van der Waals surface area contributed by atoms with Gasteiger partial charge in [-0.3, -0.25) is 9.59 Å². The second kappa shape index (κ2) is 6.59. The van der Waals surface area contributed by atoms with Crippen molar-refractivity contribution in [2.45, 2.75) is 79.6 Å². The zero-order chi connectivity index (χ0) is 17.2. The van der Waals surface area contributed by atoms with Gasteiger partial charge in [0.05, 0.1) is 11.3 Å². The third-order valence-corrected chi connectivity index (χ3v) is 6.43. The Hall–Kier alpha value is -1.06. The Labute approximate surface area is 134 Å². The Balaban J connectivity index is 0.000000235. The lowest BCUT2D eigenvalue weighted by Gasteiger charge is -2.34. The van der Waals surface area contributed by atoms with Gasteiger partial charge >= 0.3 is 11.9 Å². The molecule has 0 aromatic carbocycles. The molecule has 0 saturated heterocycles. The first kappa shape index (κ1) is 19.0. The molecule has 0 aromatic rings.